The zero-order valence-corrected chi connectivity index (χ0v) is 21.6. The molecule has 6 nitrogen and oxygen atoms in total. The van der Waals surface area contributed by atoms with E-state index in [1.54, 1.807) is 27.7 Å². The molecule has 0 aliphatic heterocycles. The second-order valence-corrected chi connectivity index (χ2v) is 10.1. The van der Waals surface area contributed by atoms with Crippen molar-refractivity contribution in [3.05, 3.63) is 66.8 Å². The molecule has 1 aliphatic carbocycles. The first-order chi connectivity index (χ1) is 16.7. The molecule has 5 rings (SSSR count). The van der Waals surface area contributed by atoms with Crippen molar-refractivity contribution in [2.75, 3.05) is 0 Å². The molecule has 0 radical (unpaired) electrons. The van der Waals surface area contributed by atoms with E-state index in [0.717, 1.165) is 22.3 Å². The normalized spacial score (nSPS) is 13.0. The van der Waals surface area contributed by atoms with Gasteiger partial charge in [-0.25, -0.2) is 0 Å². The second-order valence-electron chi connectivity index (χ2n) is 10.1. The van der Waals surface area contributed by atoms with Crippen LogP contribution in [-0.4, -0.2) is 32.0 Å². The van der Waals surface area contributed by atoms with Crippen LogP contribution in [0.5, 0.6) is 23.0 Å². The van der Waals surface area contributed by atoms with E-state index in [2.05, 4.69) is 0 Å². The predicted octanol–water partition coefficient (Wildman–Crippen LogP) is 6.06. The van der Waals surface area contributed by atoms with Crippen LogP contribution in [0, 0.1) is 55.4 Å². The highest BCUT2D eigenvalue weighted by molar-refractivity contribution is 6.36. The highest BCUT2D eigenvalue weighted by Gasteiger charge is 2.42. The maximum absolute atomic E-state index is 13.9. The average molecular weight is 485 g/mol. The minimum absolute atomic E-state index is 0.291. The Kier molecular flexibility index (Phi) is 4.75. The van der Waals surface area contributed by atoms with Crippen molar-refractivity contribution < 1.29 is 30.0 Å². The third kappa shape index (κ3) is 2.51. The quantitative estimate of drug-likeness (QED) is 0.199. The van der Waals surface area contributed by atoms with Crippen molar-refractivity contribution in [2.45, 2.75) is 55.4 Å². The van der Waals surface area contributed by atoms with Crippen molar-refractivity contribution in [1.82, 2.24) is 0 Å². The van der Waals surface area contributed by atoms with Crippen LogP contribution in [0.25, 0.3) is 21.5 Å². The molecule has 0 amide bonds. The van der Waals surface area contributed by atoms with Crippen molar-refractivity contribution in [1.29, 1.82) is 0 Å². The molecule has 6 heteroatoms. The Balaban J connectivity index is 2.03. The molecule has 0 aromatic heterocycles. The Labute approximate surface area is 208 Å². The van der Waals surface area contributed by atoms with Gasteiger partial charge >= 0.3 is 0 Å². The molecule has 184 valence electrons. The number of aromatic hydroxyl groups is 4. The van der Waals surface area contributed by atoms with E-state index < -0.39 is 34.6 Å². The smallest absolute Gasteiger partial charge is 0.202 e. The highest BCUT2D eigenvalue weighted by Crippen LogP contribution is 2.53. The summed E-state index contributed by atoms with van der Waals surface area (Å²) in [6.07, 6.45) is 0. The molecule has 0 fully saturated rings. The van der Waals surface area contributed by atoms with E-state index in [4.69, 9.17) is 0 Å². The van der Waals surface area contributed by atoms with Gasteiger partial charge in [-0.3, -0.25) is 9.59 Å². The predicted molar refractivity (Wildman–Crippen MR) is 139 cm³/mol. The summed E-state index contributed by atoms with van der Waals surface area (Å²) in [5.41, 5.74) is 4.84. The number of phenolic OH excluding ortho intramolecular Hbond substituents is 4. The molecule has 0 bridgehead atoms. The van der Waals surface area contributed by atoms with Crippen LogP contribution in [0.15, 0.2) is 0 Å². The number of carbonyl (C=O) groups excluding carboxylic acids is 2. The number of ketones is 2. The summed E-state index contributed by atoms with van der Waals surface area (Å²) >= 11 is 0. The lowest BCUT2D eigenvalue weighted by Gasteiger charge is -2.26. The molecular weight excluding hydrogens is 456 g/mol. The van der Waals surface area contributed by atoms with Gasteiger partial charge < -0.3 is 20.4 Å². The summed E-state index contributed by atoms with van der Waals surface area (Å²) in [5, 5.41) is 46.7. The first-order valence-electron chi connectivity index (χ1n) is 11.8. The molecule has 4 aromatic rings. The average Bonchev–Trinajstić information content (AvgIpc) is 2.83. The maximum Gasteiger partial charge on any atom is 0.202 e. The Bertz CT molecular complexity index is 1520. The Hall–Kier alpha value is -4.06. The summed E-state index contributed by atoms with van der Waals surface area (Å²) in [7, 11) is 0. The molecule has 4 N–H and O–H groups in total. The number of benzene rings is 4. The van der Waals surface area contributed by atoms with Gasteiger partial charge in [0.05, 0.1) is 22.3 Å². The third-order valence-corrected chi connectivity index (χ3v) is 8.68. The fourth-order valence-electron chi connectivity index (χ4n) is 5.92. The summed E-state index contributed by atoms with van der Waals surface area (Å²) in [5.74, 6) is -3.32. The largest absolute Gasteiger partial charge is 0.506 e. The first kappa shape index (κ1) is 23.7. The molecule has 0 spiro atoms. The van der Waals surface area contributed by atoms with Gasteiger partial charge in [-0.2, -0.15) is 0 Å². The maximum atomic E-state index is 13.9. The van der Waals surface area contributed by atoms with Crippen LogP contribution in [-0.2, 0) is 0 Å². The van der Waals surface area contributed by atoms with Crippen LogP contribution >= 0.6 is 0 Å². The molecule has 36 heavy (non-hydrogen) atoms. The van der Waals surface area contributed by atoms with Crippen LogP contribution in [0.1, 0.15) is 76.4 Å². The van der Waals surface area contributed by atoms with Gasteiger partial charge in [0, 0.05) is 21.5 Å². The van der Waals surface area contributed by atoms with E-state index in [1.807, 2.05) is 27.7 Å². The lowest BCUT2D eigenvalue weighted by molar-refractivity contribution is 0.0970. The monoisotopic (exact) mass is 484 g/mol. The Morgan fingerprint density at radius 2 is 0.500 bits per heavy atom. The molecule has 0 atom stereocenters. The number of aryl methyl sites for hydroxylation is 4. The number of carbonyl (C=O) groups is 2. The van der Waals surface area contributed by atoms with E-state index >= 15 is 0 Å². The first-order valence-corrected chi connectivity index (χ1v) is 11.8. The summed E-state index contributed by atoms with van der Waals surface area (Å²) < 4.78 is 0. The molecule has 0 saturated heterocycles. The van der Waals surface area contributed by atoms with Gasteiger partial charge in [-0.1, -0.05) is 0 Å². The summed E-state index contributed by atoms with van der Waals surface area (Å²) in [6, 6.07) is 0. The molecule has 0 unspecified atom stereocenters. The number of rotatable bonds is 0. The van der Waals surface area contributed by atoms with Gasteiger partial charge in [0.15, 0.2) is 0 Å². The fraction of sp³-hybridized carbons (Fsp3) is 0.267. The van der Waals surface area contributed by atoms with Crippen LogP contribution < -0.4 is 0 Å². The number of hydrogen-bond donors (Lipinski definition) is 4. The van der Waals surface area contributed by atoms with E-state index in [1.165, 1.54) is 0 Å². The van der Waals surface area contributed by atoms with E-state index in [9.17, 15) is 30.0 Å². The lowest BCUT2D eigenvalue weighted by atomic mass is 9.76. The zero-order chi connectivity index (χ0) is 26.7. The Morgan fingerprint density at radius 3 is 0.667 bits per heavy atom. The molecular formula is C30H28O6. The lowest BCUT2D eigenvalue weighted by Crippen LogP contribution is -2.22. The minimum atomic E-state index is -0.824. The SMILES string of the molecule is Cc1c(C)c(C)c2c(O)c3c(c(O)c2c1C)C(=O)c1c(c(O)c2c(C)c(C)c(C)c(C)c2c1O)C3=O. The summed E-state index contributed by atoms with van der Waals surface area (Å²) in [6.45, 7) is 14.7. The fourth-order valence-corrected chi connectivity index (χ4v) is 5.92. The van der Waals surface area contributed by atoms with Crippen molar-refractivity contribution in [3.63, 3.8) is 0 Å². The highest BCUT2D eigenvalue weighted by atomic mass is 16.3. The minimum Gasteiger partial charge on any atom is -0.506 e. The topological polar surface area (TPSA) is 115 Å². The van der Waals surface area contributed by atoms with Crippen molar-refractivity contribution in [3.8, 4) is 23.0 Å². The van der Waals surface area contributed by atoms with Crippen LogP contribution in [0.2, 0.25) is 0 Å². The summed E-state index contributed by atoms with van der Waals surface area (Å²) in [4.78, 5) is 27.8. The van der Waals surface area contributed by atoms with Gasteiger partial charge in [-0.15, -0.1) is 0 Å². The molecule has 1 aliphatic rings. The third-order valence-electron chi connectivity index (χ3n) is 8.68. The Morgan fingerprint density at radius 1 is 0.333 bits per heavy atom. The van der Waals surface area contributed by atoms with E-state index in [-0.39, 0.29) is 22.3 Å². The van der Waals surface area contributed by atoms with Gasteiger partial charge in [0.1, 0.15) is 23.0 Å². The number of hydrogen-bond acceptors (Lipinski definition) is 6. The molecule has 0 heterocycles. The van der Waals surface area contributed by atoms with Gasteiger partial charge in [0.2, 0.25) is 11.6 Å². The van der Waals surface area contributed by atoms with Gasteiger partial charge in [-0.05, 0) is 99.9 Å². The number of phenols is 4. The zero-order valence-electron chi connectivity index (χ0n) is 21.6. The van der Waals surface area contributed by atoms with E-state index in [0.29, 0.717) is 43.8 Å². The second kappa shape index (κ2) is 7.23. The molecule has 0 saturated carbocycles. The van der Waals surface area contributed by atoms with Crippen LogP contribution in [0.4, 0.5) is 0 Å². The standard InChI is InChI=1S/C30H28O6/c1-9-10(2)14(6)18-17(13(9)5)25(31)21-22(26(18)32)30(36)24-23(29(21)35)27(33)19-15(7)11(3)12(4)16(8)20(19)28(24)34/h31-34H,1-8H3. The van der Waals surface area contributed by atoms with Crippen molar-refractivity contribution >= 4 is 33.1 Å². The van der Waals surface area contributed by atoms with Gasteiger partial charge in [0.25, 0.3) is 0 Å². The molecule has 4 aromatic carbocycles. The number of fused-ring (bicyclic) bond motifs is 4. The van der Waals surface area contributed by atoms with Crippen molar-refractivity contribution in [2.24, 2.45) is 0 Å². The van der Waals surface area contributed by atoms with Crippen LogP contribution in [0.3, 0.4) is 0 Å².